The summed E-state index contributed by atoms with van der Waals surface area (Å²) in [6.45, 7) is 0.0847. The van der Waals surface area contributed by atoms with E-state index in [9.17, 15) is 10.2 Å². The number of hydrogen-bond donors (Lipinski definition) is 2. The van der Waals surface area contributed by atoms with Gasteiger partial charge in [-0.3, -0.25) is 0 Å². The van der Waals surface area contributed by atoms with Crippen molar-refractivity contribution < 1.29 is 10.2 Å². The topological polar surface area (TPSA) is 40.5 Å². The molecule has 2 N–H and O–H groups in total. The van der Waals surface area contributed by atoms with E-state index >= 15 is 0 Å². The molecule has 1 fully saturated rings. The fourth-order valence-corrected chi connectivity index (χ4v) is 3.37. The predicted molar refractivity (Wildman–Crippen MR) is 73.7 cm³/mol. The summed E-state index contributed by atoms with van der Waals surface area (Å²) < 4.78 is 0. The Morgan fingerprint density at radius 1 is 1.17 bits per heavy atom. The second-order valence-corrected chi connectivity index (χ2v) is 5.90. The minimum atomic E-state index is -0.388. The number of aliphatic hydroxyl groups excluding tert-OH is 2. The van der Waals surface area contributed by atoms with Gasteiger partial charge in [0, 0.05) is 10.4 Å². The van der Waals surface area contributed by atoms with E-state index in [4.69, 9.17) is 11.6 Å². The summed E-state index contributed by atoms with van der Waals surface area (Å²) in [7, 11) is 0. The fraction of sp³-hybridized carbons (Fsp3) is 0.600. The third-order valence-electron chi connectivity index (χ3n) is 4.30. The van der Waals surface area contributed by atoms with Crippen LogP contribution in [0, 0.1) is 11.3 Å². The molecule has 0 unspecified atom stereocenters. The van der Waals surface area contributed by atoms with Crippen LogP contribution in [-0.4, -0.2) is 23.4 Å². The lowest BCUT2D eigenvalue weighted by Crippen LogP contribution is -2.39. The molecular formula is C15H21ClO2. The van der Waals surface area contributed by atoms with Crippen LogP contribution in [0.2, 0.25) is 5.02 Å². The molecule has 3 heteroatoms. The van der Waals surface area contributed by atoms with Gasteiger partial charge in [-0.25, -0.2) is 0 Å². The minimum Gasteiger partial charge on any atom is -0.396 e. The van der Waals surface area contributed by atoms with E-state index in [-0.39, 0.29) is 18.6 Å². The molecule has 0 bridgehead atoms. The maximum Gasteiger partial charge on any atom is 0.0515 e. The van der Waals surface area contributed by atoms with Gasteiger partial charge in [-0.05, 0) is 42.9 Å². The number of benzene rings is 1. The molecule has 1 saturated carbocycles. The van der Waals surface area contributed by atoms with Crippen LogP contribution in [0.15, 0.2) is 24.3 Å². The third-order valence-corrected chi connectivity index (χ3v) is 4.53. The zero-order valence-electron chi connectivity index (χ0n) is 10.6. The summed E-state index contributed by atoms with van der Waals surface area (Å²) in [5, 5.41) is 20.3. The molecule has 1 aromatic rings. The van der Waals surface area contributed by atoms with Gasteiger partial charge in [0.05, 0.1) is 13.2 Å². The summed E-state index contributed by atoms with van der Waals surface area (Å²) >= 11 is 5.99. The lowest BCUT2D eigenvalue weighted by Gasteiger charge is -2.36. The van der Waals surface area contributed by atoms with Gasteiger partial charge in [-0.2, -0.15) is 0 Å². The van der Waals surface area contributed by atoms with Gasteiger partial charge < -0.3 is 10.2 Å². The van der Waals surface area contributed by atoms with Gasteiger partial charge >= 0.3 is 0 Å². The van der Waals surface area contributed by atoms with E-state index in [1.54, 1.807) is 0 Å². The highest BCUT2D eigenvalue weighted by Crippen LogP contribution is 2.42. The van der Waals surface area contributed by atoms with Gasteiger partial charge in [0.15, 0.2) is 0 Å². The van der Waals surface area contributed by atoms with Crippen molar-refractivity contribution in [3.63, 3.8) is 0 Å². The molecule has 0 aliphatic heterocycles. The Hall–Kier alpha value is -0.570. The Balaban J connectivity index is 2.19. The van der Waals surface area contributed by atoms with Gasteiger partial charge in [0.1, 0.15) is 0 Å². The molecule has 0 heterocycles. The lowest BCUT2D eigenvalue weighted by atomic mass is 9.71. The first kappa shape index (κ1) is 13.9. The summed E-state index contributed by atoms with van der Waals surface area (Å²) in [5.41, 5.74) is 0.707. The van der Waals surface area contributed by atoms with Gasteiger partial charge in [0.25, 0.3) is 0 Å². The molecule has 0 aromatic heterocycles. The highest BCUT2D eigenvalue weighted by Gasteiger charge is 2.39. The van der Waals surface area contributed by atoms with Crippen LogP contribution >= 0.6 is 11.6 Å². The molecule has 0 radical (unpaired) electrons. The highest BCUT2D eigenvalue weighted by molar-refractivity contribution is 6.30. The van der Waals surface area contributed by atoms with Crippen molar-refractivity contribution in [1.82, 2.24) is 0 Å². The molecule has 0 atom stereocenters. The van der Waals surface area contributed by atoms with Crippen LogP contribution in [0.1, 0.15) is 31.2 Å². The van der Waals surface area contributed by atoms with Crippen LogP contribution in [0.3, 0.4) is 0 Å². The Bertz CT molecular complexity index is 382. The van der Waals surface area contributed by atoms with Crippen LogP contribution in [0.25, 0.3) is 0 Å². The van der Waals surface area contributed by atoms with Gasteiger partial charge in [0.2, 0.25) is 0 Å². The molecule has 1 aliphatic rings. The van der Waals surface area contributed by atoms with E-state index < -0.39 is 0 Å². The second kappa shape index (κ2) is 6.05. The van der Waals surface area contributed by atoms with Crippen LogP contribution in [0.5, 0.6) is 0 Å². The first-order valence-electron chi connectivity index (χ1n) is 6.66. The van der Waals surface area contributed by atoms with Crippen molar-refractivity contribution in [3.05, 3.63) is 34.9 Å². The molecule has 0 saturated heterocycles. The van der Waals surface area contributed by atoms with Crippen LogP contribution < -0.4 is 0 Å². The molecule has 18 heavy (non-hydrogen) atoms. The van der Waals surface area contributed by atoms with Crippen molar-refractivity contribution in [2.75, 3.05) is 13.2 Å². The zero-order valence-corrected chi connectivity index (χ0v) is 11.4. The number of rotatable bonds is 5. The molecular weight excluding hydrogens is 248 g/mol. The number of hydrogen-bond acceptors (Lipinski definition) is 2. The Morgan fingerprint density at radius 2 is 1.83 bits per heavy atom. The third kappa shape index (κ3) is 2.87. The quantitative estimate of drug-likeness (QED) is 0.862. The first-order valence-corrected chi connectivity index (χ1v) is 7.04. The summed E-state index contributed by atoms with van der Waals surface area (Å²) in [5.74, 6) is 0.423. The van der Waals surface area contributed by atoms with Crippen molar-refractivity contribution in [3.8, 4) is 0 Å². The minimum absolute atomic E-state index is 0.0423. The van der Waals surface area contributed by atoms with E-state index in [2.05, 4.69) is 0 Å². The average molecular weight is 269 g/mol. The monoisotopic (exact) mass is 268 g/mol. The highest BCUT2D eigenvalue weighted by atomic mass is 35.5. The summed E-state index contributed by atoms with van der Waals surface area (Å²) in [6, 6.07) is 7.71. The largest absolute Gasteiger partial charge is 0.396 e. The molecule has 0 amide bonds. The molecule has 100 valence electrons. The molecule has 0 spiro atoms. The van der Waals surface area contributed by atoms with E-state index in [1.165, 1.54) is 12.8 Å². The van der Waals surface area contributed by atoms with Gasteiger partial charge in [-0.15, -0.1) is 0 Å². The zero-order chi connectivity index (χ0) is 13.0. The molecule has 1 aromatic carbocycles. The molecule has 2 rings (SSSR count). The van der Waals surface area contributed by atoms with Crippen LogP contribution in [-0.2, 0) is 6.42 Å². The standard InChI is InChI=1S/C15H21ClO2/c16-14-7-3-4-12(8-14)9-15(10-17,11-18)13-5-1-2-6-13/h3-4,7-8,13,17-18H,1-2,5-6,9-11H2. The maximum atomic E-state index is 9.77. The number of halogens is 1. The summed E-state index contributed by atoms with van der Waals surface area (Å²) in [6.07, 6.45) is 5.35. The average Bonchev–Trinajstić information content (AvgIpc) is 2.90. The Labute approximate surface area is 114 Å². The normalized spacial score (nSPS) is 17.3. The van der Waals surface area contributed by atoms with E-state index in [1.807, 2.05) is 24.3 Å². The molecule has 2 nitrogen and oxygen atoms in total. The lowest BCUT2D eigenvalue weighted by molar-refractivity contribution is 0.00571. The Kier molecular flexibility index (Phi) is 4.66. The van der Waals surface area contributed by atoms with Crippen molar-refractivity contribution in [2.24, 2.45) is 11.3 Å². The number of aliphatic hydroxyl groups is 2. The Morgan fingerprint density at radius 3 is 2.39 bits per heavy atom. The van der Waals surface area contributed by atoms with Crippen molar-refractivity contribution in [2.45, 2.75) is 32.1 Å². The fourth-order valence-electron chi connectivity index (χ4n) is 3.16. The van der Waals surface area contributed by atoms with Crippen molar-refractivity contribution >= 4 is 11.6 Å². The first-order chi connectivity index (χ1) is 8.70. The maximum absolute atomic E-state index is 9.77. The van der Waals surface area contributed by atoms with Crippen LogP contribution in [0.4, 0.5) is 0 Å². The predicted octanol–water partition coefficient (Wildman–Crippen LogP) is 3.04. The van der Waals surface area contributed by atoms with E-state index in [0.29, 0.717) is 17.4 Å². The smallest absolute Gasteiger partial charge is 0.0515 e. The van der Waals surface area contributed by atoms with E-state index in [0.717, 1.165) is 18.4 Å². The van der Waals surface area contributed by atoms with Gasteiger partial charge in [-0.1, -0.05) is 36.6 Å². The molecule has 1 aliphatic carbocycles. The summed E-state index contributed by atoms with van der Waals surface area (Å²) in [4.78, 5) is 0. The SMILES string of the molecule is OCC(CO)(Cc1cccc(Cl)c1)C1CCCC1. The second-order valence-electron chi connectivity index (χ2n) is 5.47. The van der Waals surface area contributed by atoms with Crippen molar-refractivity contribution in [1.29, 1.82) is 0 Å².